The van der Waals surface area contributed by atoms with Gasteiger partial charge in [-0.1, -0.05) is 6.08 Å². The molecule has 14 heavy (non-hydrogen) atoms. The average Bonchev–Trinajstić information content (AvgIpc) is 2.25. The molecule has 0 bridgehead atoms. The molecule has 76 valence electrons. The Balaban J connectivity index is 2.38. The second-order valence-electron chi connectivity index (χ2n) is 2.77. The van der Waals surface area contributed by atoms with Crippen LogP contribution in [-0.2, 0) is 0 Å². The first-order valence-electron chi connectivity index (χ1n) is 4.60. The van der Waals surface area contributed by atoms with E-state index in [9.17, 15) is 0 Å². The largest absolute Gasteiger partial charge is 0.478 e. The lowest BCUT2D eigenvalue weighted by molar-refractivity contribution is 0.300. The highest BCUT2D eigenvalue weighted by molar-refractivity contribution is 5.35. The fraction of sp³-hybridized carbons (Fsp3) is 0.400. The van der Waals surface area contributed by atoms with E-state index in [1.165, 1.54) is 6.33 Å². The van der Waals surface area contributed by atoms with Gasteiger partial charge in [-0.3, -0.25) is 0 Å². The minimum atomic E-state index is 0.605. The number of nitrogens with one attached hydrogen (secondary N) is 1. The first kappa shape index (κ1) is 10.5. The minimum absolute atomic E-state index is 0.605. The van der Waals surface area contributed by atoms with Crippen LogP contribution in [0.3, 0.4) is 0 Å². The van der Waals surface area contributed by atoms with Crippen molar-refractivity contribution in [3.8, 4) is 5.88 Å². The van der Waals surface area contributed by atoms with E-state index < -0.39 is 0 Å². The lowest BCUT2D eigenvalue weighted by atomic mass is 10.3. The zero-order valence-electron chi connectivity index (χ0n) is 8.36. The molecule has 0 radical (unpaired) electrons. The molecule has 0 fully saturated rings. The summed E-state index contributed by atoms with van der Waals surface area (Å²) < 4.78 is 5.41. The molecular weight excluding hydrogens is 178 g/mol. The third kappa shape index (κ3) is 3.43. The molecule has 4 heteroatoms. The van der Waals surface area contributed by atoms with E-state index >= 15 is 0 Å². The summed E-state index contributed by atoms with van der Waals surface area (Å²) in [5, 5.41) is 2.92. The molecule has 4 nitrogen and oxygen atoms in total. The maximum Gasteiger partial charge on any atom is 0.218 e. The molecule has 1 aromatic rings. The van der Waals surface area contributed by atoms with Gasteiger partial charge in [-0.2, -0.15) is 0 Å². The number of hydrogen-bond donors (Lipinski definition) is 1. The fourth-order valence-corrected chi connectivity index (χ4v) is 0.960. The van der Waals surface area contributed by atoms with Crippen molar-refractivity contribution >= 4 is 5.82 Å². The van der Waals surface area contributed by atoms with Gasteiger partial charge in [-0.05, 0) is 12.8 Å². The highest BCUT2D eigenvalue weighted by Gasteiger charge is 1.96. The number of unbranched alkanes of at least 4 members (excludes halogenated alkanes) is 1. The Bertz CT molecular complexity index is 288. The number of aromatic nitrogens is 2. The third-order valence-corrected chi connectivity index (χ3v) is 1.70. The van der Waals surface area contributed by atoms with Crippen LogP contribution in [0, 0.1) is 0 Å². The van der Waals surface area contributed by atoms with Gasteiger partial charge < -0.3 is 10.1 Å². The molecule has 0 saturated heterocycles. The molecule has 1 heterocycles. The van der Waals surface area contributed by atoms with Crippen LogP contribution in [0.5, 0.6) is 5.88 Å². The normalized spacial score (nSPS) is 9.50. The molecule has 1 aromatic heterocycles. The zero-order chi connectivity index (χ0) is 10.2. The second-order valence-corrected chi connectivity index (χ2v) is 2.77. The second kappa shape index (κ2) is 5.96. The monoisotopic (exact) mass is 193 g/mol. The zero-order valence-corrected chi connectivity index (χ0v) is 8.36. The molecular formula is C10H15N3O. The number of rotatable bonds is 6. The van der Waals surface area contributed by atoms with Crippen molar-refractivity contribution in [1.29, 1.82) is 0 Å². The van der Waals surface area contributed by atoms with Gasteiger partial charge in [0.1, 0.15) is 12.1 Å². The van der Waals surface area contributed by atoms with Crippen molar-refractivity contribution < 1.29 is 4.74 Å². The number of allylic oxidation sites excluding steroid dienone is 1. The van der Waals surface area contributed by atoms with Crippen molar-refractivity contribution in [3.63, 3.8) is 0 Å². The summed E-state index contributed by atoms with van der Waals surface area (Å²) in [4.78, 5) is 7.97. The lowest BCUT2D eigenvalue weighted by Crippen LogP contribution is -2.00. The van der Waals surface area contributed by atoms with E-state index in [1.54, 1.807) is 6.07 Å². The predicted octanol–water partition coefficient (Wildman–Crippen LogP) is 1.86. The molecule has 1 N–H and O–H groups in total. The Kier molecular flexibility index (Phi) is 4.47. The van der Waals surface area contributed by atoms with Crippen LogP contribution < -0.4 is 10.1 Å². The van der Waals surface area contributed by atoms with Gasteiger partial charge in [-0.15, -0.1) is 6.58 Å². The van der Waals surface area contributed by atoms with E-state index in [-0.39, 0.29) is 0 Å². The van der Waals surface area contributed by atoms with Crippen LogP contribution in [0.4, 0.5) is 5.82 Å². The SMILES string of the molecule is C=CCCCOc1cc(NC)ncn1. The molecule has 0 amide bonds. The number of anilines is 1. The van der Waals surface area contributed by atoms with Gasteiger partial charge in [0, 0.05) is 13.1 Å². The smallest absolute Gasteiger partial charge is 0.218 e. The Morgan fingerprint density at radius 3 is 3.14 bits per heavy atom. The first-order chi connectivity index (χ1) is 6.86. The number of hydrogen-bond acceptors (Lipinski definition) is 4. The van der Waals surface area contributed by atoms with Gasteiger partial charge in [-0.25, -0.2) is 9.97 Å². The van der Waals surface area contributed by atoms with E-state index in [4.69, 9.17) is 4.74 Å². The lowest BCUT2D eigenvalue weighted by Gasteiger charge is -2.04. The molecule has 1 rings (SSSR count). The van der Waals surface area contributed by atoms with Crippen LogP contribution in [0.2, 0.25) is 0 Å². The van der Waals surface area contributed by atoms with Crippen molar-refractivity contribution in [1.82, 2.24) is 9.97 Å². The van der Waals surface area contributed by atoms with Gasteiger partial charge in [0.25, 0.3) is 0 Å². The first-order valence-corrected chi connectivity index (χ1v) is 4.60. The quantitative estimate of drug-likeness (QED) is 0.553. The summed E-state index contributed by atoms with van der Waals surface area (Å²) >= 11 is 0. The Morgan fingerprint density at radius 1 is 1.57 bits per heavy atom. The average molecular weight is 193 g/mol. The van der Waals surface area contributed by atoms with Crippen LogP contribution in [-0.4, -0.2) is 23.6 Å². The maximum atomic E-state index is 5.41. The molecule has 0 saturated carbocycles. The summed E-state index contributed by atoms with van der Waals surface area (Å²) in [5.41, 5.74) is 0. The van der Waals surface area contributed by atoms with E-state index in [0.29, 0.717) is 12.5 Å². The van der Waals surface area contributed by atoms with E-state index in [2.05, 4.69) is 21.9 Å². The molecule has 0 aliphatic rings. The summed E-state index contributed by atoms with van der Waals surface area (Å²) in [6.07, 6.45) is 5.28. The predicted molar refractivity (Wildman–Crippen MR) is 56.5 cm³/mol. The highest BCUT2D eigenvalue weighted by Crippen LogP contribution is 2.10. The highest BCUT2D eigenvalue weighted by atomic mass is 16.5. The maximum absolute atomic E-state index is 5.41. The summed E-state index contributed by atoms with van der Waals surface area (Å²) in [6, 6.07) is 1.77. The number of nitrogens with zero attached hydrogens (tertiary/aromatic N) is 2. The van der Waals surface area contributed by atoms with Crippen molar-refractivity contribution in [2.24, 2.45) is 0 Å². The van der Waals surface area contributed by atoms with Crippen molar-refractivity contribution in [2.75, 3.05) is 19.0 Å². The van der Waals surface area contributed by atoms with E-state index in [1.807, 2.05) is 13.1 Å². The Morgan fingerprint density at radius 2 is 2.43 bits per heavy atom. The summed E-state index contributed by atoms with van der Waals surface area (Å²) in [7, 11) is 1.81. The van der Waals surface area contributed by atoms with Gasteiger partial charge in [0.15, 0.2) is 0 Å². The minimum Gasteiger partial charge on any atom is -0.478 e. The Hall–Kier alpha value is -1.58. The molecule has 0 aliphatic heterocycles. The van der Waals surface area contributed by atoms with Crippen molar-refractivity contribution in [3.05, 3.63) is 25.0 Å². The molecule has 0 unspecified atom stereocenters. The van der Waals surface area contributed by atoms with Crippen LogP contribution in [0.15, 0.2) is 25.0 Å². The number of ether oxygens (including phenoxy) is 1. The summed E-state index contributed by atoms with van der Waals surface area (Å²) in [6.45, 7) is 4.30. The summed E-state index contributed by atoms with van der Waals surface area (Å²) in [5.74, 6) is 1.37. The molecule has 0 aliphatic carbocycles. The van der Waals surface area contributed by atoms with E-state index in [0.717, 1.165) is 18.7 Å². The van der Waals surface area contributed by atoms with Crippen LogP contribution in [0.25, 0.3) is 0 Å². The molecule has 0 atom stereocenters. The molecule has 0 spiro atoms. The standard InChI is InChI=1S/C10H15N3O/c1-3-4-5-6-14-10-7-9(11-2)12-8-13-10/h3,7-8H,1,4-6H2,2H3,(H,11,12,13). The van der Waals surface area contributed by atoms with Crippen molar-refractivity contribution in [2.45, 2.75) is 12.8 Å². The van der Waals surface area contributed by atoms with Crippen LogP contribution in [0.1, 0.15) is 12.8 Å². The van der Waals surface area contributed by atoms with Gasteiger partial charge >= 0.3 is 0 Å². The third-order valence-electron chi connectivity index (χ3n) is 1.70. The van der Waals surface area contributed by atoms with Gasteiger partial charge in [0.2, 0.25) is 5.88 Å². The topological polar surface area (TPSA) is 47.0 Å². The van der Waals surface area contributed by atoms with Gasteiger partial charge in [0.05, 0.1) is 6.61 Å². The fourth-order valence-electron chi connectivity index (χ4n) is 0.960. The Labute approximate surface area is 84.0 Å². The van der Waals surface area contributed by atoms with Crippen LogP contribution >= 0.6 is 0 Å². The molecule has 0 aromatic carbocycles.